The normalized spacial score (nSPS) is 16.1. The highest BCUT2D eigenvalue weighted by atomic mass is 35.5. The SMILES string of the molecule is CNC1CCN(c2ncccc2C#N)CC1.Cl. The lowest BCUT2D eigenvalue weighted by Gasteiger charge is -2.32. The van der Waals surface area contributed by atoms with Crippen molar-refractivity contribution in [1.82, 2.24) is 10.3 Å². The van der Waals surface area contributed by atoms with Crippen molar-refractivity contribution in [3.05, 3.63) is 23.9 Å². The molecule has 0 atom stereocenters. The van der Waals surface area contributed by atoms with Gasteiger partial charge in [-0.2, -0.15) is 5.26 Å². The second-order valence-electron chi connectivity index (χ2n) is 4.04. The van der Waals surface area contributed by atoms with Crippen molar-refractivity contribution in [3.63, 3.8) is 0 Å². The maximum Gasteiger partial charge on any atom is 0.146 e. The number of aromatic nitrogens is 1. The molecule has 0 saturated carbocycles. The van der Waals surface area contributed by atoms with Gasteiger partial charge in [0.25, 0.3) is 0 Å². The van der Waals surface area contributed by atoms with E-state index < -0.39 is 0 Å². The summed E-state index contributed by atoms with van der Waals surface area (Å²) in [6.07, 6.45) is 3.97. The summed E-state index contributed by atoms with van der Waals surface area (Å²) in [5.74, 6) is 0.833. The Balaban J connectivity index is 0.00000144. The highest BCUT2D eigenvalue weighted by Gasteiger charge is 2.20. The predicted octanol–water partition coefficient (Wildman–Crippen LogP) is 1.56. The van der Waals surface area contributed by atoms with Crippen molar-refractivity contribution >= 4 is 18.2 Å². The number of halogens is 1. The summed E-state index contributed by atoms with van der Waals surface area (Å²) < 4.78 is 0. The number of nitrogens with one attached hydrogen (secondary N) is 1. The Morgan fingerprint density at radius 3 is 2.76 bits per heavy atom. The van der Waals surface area contributed by atoms with Crippen LogP contribution in [0, 0.1) is 11.3 Å². The summed E-state index contributed by atoms with van der Waals surface area (Å²) in [6.45, 7) is 1.94. The minimum Gasteiger partial charge on any atom is -0.355 e. The molecule has 1 saturated heterocycles. The van der Waals surface area contributed by atoms with Crippen molar-refractivity contribution in [2.24, 2.45) is 0 Å². The minimum atomic E-state index is 0. The summed E-state index contributed by atoms with van der Waals surface area (Å²) in [6, 6.07) is 6.43. The molecule has 17 heavy (non-hydrogen) atoms. The van der Waals surface area contributed by atoms with Crippen LogP contribution in [0.5, 0.6) is 0 Å². The lowest BCUT2D eigenvalue weighted by Crippen LogP contribution is -2.41. The van der Waals surface area contributed by atoms with Gasteiger partial charge in [-0.3, -0.25) is 0 Å². The summed E-state index contributed by atoms with van der Waals surface area (Å²) >= 11 is 0. The van der Waals surface area contributed by atoms with Gasteiger partial charge >= 0.3 is 0 Å². The zero-order valence-corrected chi connectivity index (χ0v) is 10.7. The predicted molar refractivity (Wildman–Crippen MR) is 70.5 cm³/mol. The van der Waals surface area contributed by atoms with Crippen LogP contribution in [-0.2, 0) is 0 Å². The third-order valence-electron chi connectivity index (χ3n) is 3.11. The molecule has 0 amide bonds. The first-order chi connectivity index (χ1) is 7.85. The van der Waals surface area contributed by atoms with Crippen molar-refractivity contribution in [2.75, 3.05) is 25.0 Å². The van der Waals surface area contributed by atoms with Crippen molar-refractivity contribution in [2.45, 2.75) is 18.9 Å². The van der Waals surface area contributed by atoms with E-state index in [-0.39, 0.29) is 12.4 Å². The van der Waals surface area contributed by atoms with Crippen molar-refractivity contribution < 1.29 is 0 Å². The van der Waals surface area contributed by atoms with E-state index in [2.05, 4.69) is 21.3 Å². The molecule has 0 unspecified atom stereocenters. The number of hydrogen-bond donors (Lipinski definition) is 1. The van der Waals surface area contributed by atoms with E-state index in [1.54, 1.807) is 6.20 Å². The third-order valence-corrected chi connectivity index (χ3v) is 3.11. The fraction of sp³-hybridized carbons (Fsp3) is 0.500. The first-order valence-electron chi connectivity index (χ1n) is 5.62. The average Bonchev–Trinajstić information content (AvgIpc) is 2.39. The number of hydrogen-bond acceptors (Lipinski definition) is 4. The molecule has 1 aromatic heterocycles. The fourth-order valence-corrected chi connectivity index (χ4v) is 2.12. The Morgan fingerprint density at radius 1 is 1.47 bits per heavy atom. The second-order valence-corrected chi connectivity index (χ2v) is 4.04. The smallest absolute Gasteiger partial charge is 0.146 e. The molecular formula is C12H17ClN4. The quantitative estimate of drug-likeness (QED) is 0.868. The van der Waals surface area contributed by atoms with E-state index in [9.17, 15) is 0 Å². The Hall–Kier alpha value is -1.31. The molecule has 0 aliphatic carbocycles. The van der Waals surface area contributed by atoms with Crippen LogP contribution in [-0.4, -0.2) is 31.2 Å². The van der Waals surface area contributed by atoms with Gasteiger partial charge in [0.05, 0.1) is 5.56 Å². The summed E-state index contributed by atoms with van der Waals surface area (Å²) in [4.78, 5) is 6.51. The van der Waals surface area contributed by atoms with E-state index in [0.29, 0.717) is 11.6 Å². The van der Waals surface area contributed by atoms with E-state index in [0.717, 1.165) is 31.7 Å². The summed E-state index contributed by atoms with van der Waals surface area (Å²) in [7, 11) is 2.00. The van der Waals surface area contributed by atoms with Gasteiger partial charge in [0.2, 0.25) is 0 Å². The number of pyridine rings is 1. The second kappa shape index (κ2) is 6.43. The maximum atomic E-state index is 9.02. The first-order valence-corrected chi connectivity index (χ1v) is 5.62. The van der Waals surface area contributed by atoms with Crippen LogP contribution >= 0.6 is 12.4 Å². The lowest BCUT2D eigenvalue weighted by molar-refractivity contribution is 0.440. The summed E-state index contributed by atoms with van der Waals surface area (Å²) in [5.41, 5.74) is 0.672. The molecule has 0 radical (unpaired) electrons. The molecule has 0 bridgehead atoms. The number of nitriles is 1. The van der Waals surface area contributed by atoms with Crippen molar-refractivity contribution in [3.8, 4) is 6.07 Å². The Bertz CT molecular complexity index is 394. The van der Waals surface area contributed by atoms with Gasteiger partial charge < -0.3 is 10.2 Å². The molecule has 1 aliphatic heterocycles. The monoisotopic (exact) mass is 252 g/mol. The van der Waals surface area contributed by atoms with Gasteiger partial charge in [-0.05, 0) is 32.0 Å². The highest BCUT2D eigenvalue weighted by molar-refractivity contribution is 5.85. The molecule has 4 nitrogen and oxygen atoms in total. The van der Waals surface area contributed by atoms with E-state index in [4.69, 9.17) is 5.26 Å². The molecule has 0 aromatic carbocycles. The van der Waals surface area contributed by atoms with Crippen LogP contribution in [0.4, 0.5) is 5.82 Å². The van der Waals surface area contributed by atoms with Gasteiger partial charge in [-0.25, -0.2) is 4.98 Å². The zero-order chi connectivity index (χ0) is 11.4. The first kappa shape index (κ1) is 13.8. The topological polar surface area (TPSA) is 52.0 Å². The molecule has 2 rings (SSSR count). The van der Waals surface area contributed by atoms with Crippen LogP contribution in [0.25, 0.3) is 0 Å². The maximum absolute atomic E-state index is 9.02. The highest BCUT2D eigenvalue weighted by Crippen LogP contribution is 2.20. The van der Waals surface area contributed by atoms with Gasteiger partial charge in [-0.15, -0.1) is 12.4 Å². The van der Waals surface area contributed by atoms with Crippen LogP contribution in [0.1, 0.15) is 18.4 Å². The fourth-order valence-electron chi connectivity index (χ4n) is 2.12. The standard InChI is InChI=1S/C12H16N4.ClH/c1-14-11-4-7-16(8-5-11)12-10(9-13)3-2-6-15-12;/h2-3,6,11,14H,4-5,7-8H2,1H3;1H. The minimum absolute atomic E-state index is 0. The van der Waals surface area contributed by atoms with E-state index >= 15 is 0 Å². The zero-order valence-electron chi connectivity index (χ0n) is 9.89. The third kappa shape index (κ3) is 3.09. The molecule has 1 aliphatic rings. The molecule has 2 heterocycles. The molecule has 92 valence electrons. The Labute approximate surface area is 108 Å². The largest absolute Gasteiger partial charge is 0.355 e. The average molecular weight is 253 g/mol. The number of anilines is 1. The summed E-state index contributed by atoms with van der Waals surface area (Å²) in [5, 5.41) is 12.3. The Morgan fingerprint density at radius 2 is 2.18 bits per heavy atom. The van der Waals surface area contributed by atoms with E-state index in [1.807, 2.05) is 19.2 Å². The van der Waals surface area contributed by atoms with Crippen LogP contribution < -0.4 is 10.2 Å². The van der Waals surface area contributed by atoms with Crippen LogP contribution in [0.2, 0.25) is 0 Å². The lowest BCUT2D eigenvalue weighted by atomic mass is 10.0. The van der Waals surface area contributed by atoms with Gasteiger partial charge in [0.1, 0.15) is 11.9 Å². The molecule has 1 aromatic rings. The number of rotatable bonds is 2. The van der Waals surface area contributed by atoms with Crippen LogP contribution in [0.3, 0.4) is 0 Å². The van der Waals surface area contributed by atoms with Gasteiger partial charge in [0, 0.05) is 25.3 Å². The van der Waals surface area contributed by atoms with Gasteiger partial charge in [-0.1, -0.05) is 0 Å². The Kier molecular flexibility index (Phi) is 5.20. The van der Waals surface area contributed by atoms with Crippen molar-refractivity contribution in [1.29, 1.82) is 5.26 Å². The molecule has 5 heteroatoms. The van der Waals surface area contributed by atoms with Gasteiger partial charge in [0.15, 0.2) is 0 Å². The molecule has 0 spiro atoms. The molecule has 1 N–H and O–H groups in total. The molecular weight excluding hydrogens is 236 g/mol. The van der Waals surface area contributed by atoms with Crippen LogP contribution in [0.15, 0.2) is 18.3 Å². The molecule has 1 fully saturated rings. The van der Waals surface area contributed by atoms with E-state index in [1.165, 1.54) is 0 Å². The number of nitrogens with zero attached hydrogens (tertiary/aromatic N) is 3. The number of piperidine rings is 1.